The molecular formula is C15H20N2S. The first-order valence-corrected chi connectivity index (χ1v) is 7.32. The van der Waals surface area contributed by atoms with Gasteiger partial charge in [-0.15, -0.1) is 11.3 Å². The summed E-state index contributed by atoms with van der Waals surface area (Å²) in [5.41, 5.74) is 1.44. The van der Waals surface area contributed by atoms with Crippen molar-refractivity contribution in [3.8, 4) is 0 Å². The summed E-state index contributed by atoms with van der Waals surface area (Å²) >= 11 is 1.77. The van der Waals surface area contributed by atoms with Crippen LogP contribution in [0.1, 0.15) is 28.3 Å². The molecule has 2 rings (SSSR count). The Morgan fingerprint density at radius 2 is 2.00 bits per heavy atom. The summed E-state index contributed by atoms with van der Waals surface area (Å²) in [7, 11) is 0. The summed E-state index contributed by atoms with van der Waals surface area (Å²) < 4.78 is 0. The van der Waals surface area contributed by atoms with Crippen molar-refractivity contribution < 1.29 is 0 Å². The van der Waals surface area contributed by atoms with Crippen molar-refractivity contribution in [1.29, 1.82) is 0 Å². The molecule has 96 valence electrons. The lowest BCUT2D eigenvalue weighted by Gasteiger charge is -2.03. The molecule has 1 aromatic carbocycles. The van der Waals surface area contributed by atoms with Crippen LogP contribution in [-0.4, -0.2) is 11.5 Å². The van der Waals surface area contributed by atoms with E-state index in [-0.39, 0.29) is 0 Å². The first kappa shape index (κ1) is 13.2. The van der Waals surface area contributed by atoms with Gasteiger partial charge in [-0.3, -0.25) is 0 Å². The van der Waals surface area contributed by atoms with Gasteiger partial charge in [0.05, 0.1) is 5.01 Å². The molecule has 1 aromatic heterocycles. The Bertz CT molecular complexity index is 451. The van der Waals surface area contributed by atoms with Crippen LogP contribution in [0.4, 0.5) is 0 Å². The molecule has 0 fully saturated rings. The summed E-state index contributed by atoms with van der Waals surface area (Å²) in [5, 5.41) is 4.62. The number of unbranched alkanes of at least 4 members (excludes halogenated alkanes) is 1. The van der Waals surface area contributed by atoms with Crippen LogP contribution in [0.25, 0.3) is 0 Å². The molecule has 1 heterocycles. The average molecular weight is 260 g/mol. The van der Waals surface area contributed by atoms with Gasteiger partial charge in [0.1, 0.15) is 0 Å². The highest BCUT2D eigenvalue weighted by atomic mass is 32.1. The van der Waals surface area contributed by atoms with E-state index in [1.165, 1.54) is 29.7 Å². The SMILES string of the molecule is Cc1ncc(CNCCCCc2ccccc2)s1. The highest BCUT2D eigenvalue weighted by molar-refractivity contribution is 7.11. The molecule has 1 N–H and O–H groups in total. The minimum absolute atomic E-state index is 0.955. The summed E-state index contributed by atoms with van der Waals surface area (Å²) in [6.07, 6.45) is 5.63. The third-order valence-corrected chi connectivity index (χ3v) is 3.79. The van der Waals surface area contributed by atoms with Crippen molar-refractivity contribution in [2.24, 2.45) is 0 Å². The minimum Gasteiger partial charge on any atom is -0.312 e. The van der Waals surface area contributed by atoms with Crippen LogP contribution in [-0.2, 0) is 13.0 Å². The maximum absolute atomic E-state index is 4.25. The molecule has 0 atom stereocenters. The van der Waals surface area contributed by atoms with Crippen LogP contribution in [0, 0.1) is 6.92 Å². The predicted octanol–water partition coefficient (Wildman–Crippen LogP) is 3.56. The van der Waals surface area contributed by atoms with Crippen LogP contribution < -0.4 is 5.32 Å². The van der Waals surface area contributed by atoms with Crippen LogP contribution >= 0.6 is 11.3 Å². The summed E-state index contributed by atoms with van der Waals surface area (Å²) in [6, 6.07) is 10.7. The number of hydrogen-bond donors (Lipinski definition) is 1. The second-order valence-corrected chi connectivity index (χ2v) is 5.78. The molecule has 2 nitrogen and oxygen atoms in total. The van der Waals surface area contributed by atoms with Gasteiger partial charge < -0.3 is 5.32 Å². The summed E-state index contributed by atoms with van der Waals surface area (Å²) in [5.74, 6) is 0. The largest absolute Gasteiger partial charge is 0.312 e. The number of thiazole rings is 1. The standard InChI is InChI=1S/C15H20N2S/c1-13-17-12-15(18-13)11-16-10-6-5-9-14-7-3-2-4-8-14/h2-4,7-8,12,16H,5-6,9-11H2,1H3. The van der Waals surface area contributed by atoms with Crippen molar-refractivity contribution in [3.63, 3.8) is 0 Å². The second-order valence-electron chi connectivity index (χ2n) is 4.47. The molecule has 0 amide bonds. The van der Waals surface area contributed by atoms with Gasteiger partial charge in [-0.1, -0.05) is 30.3 Å². The Kier molecular flexibility index (Phi) is 5.36. The second kappa shape index (κ2) is 7.29. The molecule has 2 aromatic rings. The van der Waals surface area contributed by atoms with Crippen LogP contribution in [0.3, 0.4) is 0 Å². The Morgan fingerprint density at radius 1 is 1.17 bits per heavy atom. The van der Waals surface area contributed by atoms with Gasteiger partial charge in [-0.2, -0.15) is 0 Å². The van der Waals surface area contributed by atoms with Crippen molar-refractivity contribution in [1.82, 2.24) is 10.3 Å². The molecule has 0 unspecified atom stereocenters. The Hall–Kier alpha value is -1.19. The fourth-order valence-electron chi connectivity index (χ4n) is 1.92. The molecule has 0 aliphatic heterocycles. The zero-order valence-electron chi connectivity index (χ0n) is 10.9. The van der Waals surface area contributed by atoms with Gasteiger partial charge in [-0.25, -0.2) is 4.98 Å². The topological polar surface area (TPSA) is 24.9 Å². The van der Waals surface area contributed by atoms with Gasteiger partial charge >= 0.3 is 0 Å². The van der Waals surface area contributed by atoms with Gasteiger partial charge in [0, 0.05) is 17.6 Å². The maximum atomic E-state index is 4.25. The first-order chi connectivity index (χ1) is 8.84. The van der Waals surface area contributed by atoms with E-state index in [0.29, 0.717) is 0 Å². The van der Waals surface area contributed by atoms with E-state index in [4.69, 9.17) is 0 Å². The average Bonchev–Trinajstić information content (AvgIpc) is 2.81. The zero-order chi connectivity index (χ0) is 12.6. The third kappa shape index (κ3) is 4.59. The highest BCUT2D eigenvalue weighted by Crippen LogP contribution is 2.10. The fourth-order valence-corrected chi connectivity index (χ4v) is 2.69. The van der Waals surface area contributed by atoms with E-state index >= 15 is 0 Å². The molecule has 0 saturated heterocycles. The monoisotopic (exact) mass is 260 g/mol. The Balaban J connectivity index is 1.54. The number of aromatic nitrogens is 1. The molecule has 0 aliphatic carbocycles. The van der Waals surface area contributed by atoms with Crippen molar-refractivity contribution >= 4 is 11.3 Å². The number of benzene rings is 1. The Morgan fingerprint density at radius 3 is 2.72 bits per heavy atom. The van der Waals surface area contributed by atoms with E-state index in [0.717, 1.165) is 18.1 Å². The zero-order valence-corrected chi connectivity index (χ0v) is 11.7. The molecule has 0 aliphatic rings. The van der Waals surface area contributed by atoms with Gasteiger partial charge in [0.2, 0.25) is 0 Å². The van der Waals surface area contributed by atoms with Crippen molar-refractivity contribution in [3.05, 3.63) is 52.0 Å². The molecular weight excluding hydrogens is 240 g/mol. The number of nitrogens with one attached hydrogen (secondary N) is 1. The van der Waals surface area contributed by atoms with Crippen molar-refractivity contribution in [2.75, 3.05) is 6.54 Å². The van der Waals surface area contributed by atoms with E-state index in [1.54, 1.807) is 11.3 Å². The van der Waals surface area contributed by atoms with Crippen LogP contribution in [0.15, 0.2) is 36.5 Å². The minimum atomic E-state index is 0.955. The lowest BCUT2D eigenvalue weighted by atomic mass is 10.1. The smallest absolute Gasteiger partial charge is 0.0897 e. The number of aryl methyl sites for hydroxylation is 2. The van der Waals surface area contributed by atoms with Crippen molar-refractivity contribution in [2.45, 2.75) is 32.7 Å². The number of rotatable bonds is 7. The third-order valence-electron chi connectivity index (χ3n) is 2.88. The molecule has 0 spiro atoms. The van der Waals surface area contributed by atoms with E-state index < -0.39 is 0 Å². The van der Waals surface area contributed by atoms with Gasteiger partial charge in [0.25, 0.3) is 0 Å². The molecule has 18 heavy (non-hydrogen) atoms. The molecule has 0 bridgehead atoms. The van der Waals surface area contributed by atoms with Crippen LogP contribution in [0.5, 0.6) is 0 Å². The quantitative estimate of drug-likeness (QED) is 0.770. The van der Waals surface area contributed by atoms with Crippen LogP contribution in [0.2, 0.25) is 0 Å². The summed E-state index contributed by atoms with van der Waals surface area (Å²) in [4.78, 5) is 5.58. The number of nitrogens with zero attached hydrogens (tertiary/aromatic N) is 1. The predicted molar refractivity (Wildman–Crippen MR) is 77.9 cm³/mol. The lowest BCUT2D eigenvalue weighted by molar-refractivity contribution is 0.626. The lowest BCUT2D eigenvalue weighted by Crippen LogP contribution is -2.13. The van der Waals surface area contributed by atoms with E-state index in [9.17, 15) is 0 Å². The highest BCUT2D eigenvalue weighted by Gasteiger charge is 1.97. The van der Waals surface area contributed by atoms with Gasteiger partial charge in [0.15, 0.2) is 0 Å². The first-order valence-electron chi connectivity index (χ1n) is 6.50. The Labute approximate surface area is 113 Å². The van der Waals surface area contributed by atoms with E-state index in [2.05, 4.69) is 40.6 Å². The number of hydrogen-bond acceptors (Lipinski definition) is 3. The van der Waals surface area contributed by atoms with Gasteiger partial charge in [-0.05, 0) is 38.3 Å². The normalized spacial score (nSPS) is 10.7. The molecule has 0 saturated carbocycles. The van der Waals surface area contributed by atoms with E-state index in [1.807, 2.05) is 13.1 Å². The summed E-state index contributed by atoms with van der Waals surface area (Å²) in [6.45, 7) is 4.09. The maximum Gasteiger partial charge on any atom is 0.0897 e. The molecule has 0 radical (unpaired) electrons. The fraction of sp³-hybridized carbons (Fsp3) is 0.400. The molecule has 3 heteroatoms.